The SMILES string of the molecule is COc1cccc(NC(=O)C2CC(c3ccccc3)CN(C(=O)Nc3ccc(Cl)cc3)C2)c1. The number of urea groups is 1. The molecule has 3 aromatic rings. The Morgan fingerprint density at radius 3 is 2.39 bits per heavy atom. The van der Waals surface area contributed by atoms with E-state index in [1.165, 1.54) is 0 Å². The predicted molar refractivity (Wildman–Crippen MR) is 131 cm³/mol. The third kappa shape index (κ3) is 5.84. The molecule has 0 spiro atoms. The molecule has 0 bridgehead atoms. The monoisotopic (exact) mass is 463 g/mol. The molecule has 33 heavy (non-hydrogen) atoms. The van der Waals surface area contributed by atoms with Crippen LogP contribution in [0, 0.1) is 5.92 Å². The lowest BCUT2D eigenvalue weighted by atomic mass is 9.84. The number of carbonyl (C=O) groups is 2. The van der Waals surface area contributed by atoms with Crippen molar-refractivity contribution in [3.8, 4) is 5.75 Å². The number of amides is 3. The summed E-state index contributed by atoms with van der Waals surface area (Å²) in [6.45, 7) is 0.866. The molecule has 1 aliphatic heterocycles. The molecule has 170 valence electrons. The zero-order chi connectivity index (χ0) is 23.2. The number of nitrogens with zero attached hydrogens (tertiary/aromatic N) is 1. The second kappa shape index (κ2) is 10.4. The number of hydrogen-bond acceptors (Lipinski definition) is 3. The average molecular weight is 464 g/mol. The minimum Gasteiger partial charge on any atom is -0.497 e. The Balaban J connectivity index is 1.52. The molecule has 0 saturated carbocycles. The van der Waals surface area contributed by atoms with Gasteiger partial charge in [-0.25, -0.2) is 4.79 Å². The van der Waals surface area contributed by atoms with Gasteiger partial charge in [0.25, 0.3) is 0 Å². The van der Waals surface area contributed by atoms with Crippen LogP contribution in [0.15, 0.2) is 78.9 Å². The van der Waals surface area contributed by atoms with Crippen LogP contribution >= 0.6 is 11.6 Å². The normalized spacial score (nSPS) is 17.8. The minimum absolute atomic E-state index is 0.0528. The molecule has 7 heteroatoms. The van der Waals surface area contributed by atoms with Gasteiger partial charge in [0.1, 0.15) is 5.75 Å². The first-order chi connectivity index (χ1) is 16.0. The Morgan fingerprint density at radius 2 is 1.67 bits per heavy atom. The van der Waals surface area contributed by atoms with Gasteiger partial charge in [0, 0.05) is 41.5 Å². The van der Waals surface area contributed by atoms with Crippen molar-refractivity contribution in [2.75, 3.05) is 30.8 Å². The maximum absolute atomic E-state index is 13.2. The van der Waals surface area contributed by atoms with Gasteiger partial charge in [0.2, 0.25) is 5.91 Å². The second-order valence-electron chi connectivity index (χ2n) is 8.10. The van der Waals surface area contributed by atoms with Crippen molar-refractivity contribution in [2.45, 2.75) is 12.3 Å². The van der Waals surface area contributed by atoms with E-state index in [4.69, 9.17) is 16.3 Å². The van der Waals surface area contributed by atoms with Crippen molar-refractivity contribution >= 4 is 34.9 Å². The lowest BCUT2D eigenvalue weighted by Gasteiger charge is -2.37. The Morgan fingerprint density at radius 1 is 0.909 bits per heavy atom. The van der Waals surface area contributed by atoms with E-state index in [0.717, 1.165) is 5.56 Å². The van der Waals surface area contributed by atoms with E-state index in [9.17, 15) is 9.59 Å². The lowest BCUT2D eigenvalue weighted by Crippen LogP contribution is -2.48. The zero-order valence-corrected chi connectivity index (χ0v) is 19.1. The van der Waals surface area contributed by atoms with E-state index in [1.54, 1.807) is 42.3 Å². The van der Waals surface area contributed by atoms with Gasteiger partial charge in [-0.05, 0) is 48.4 Å². The Bertz CT molecular complexity index is 1110. The summed E-state index contributed by atoms with van der Waals surface area (Å²) in [4.78, 5) is 28.0. The van der Waals surface area contributed by atoms with Gasteiger partial charge in [0.05, 0.1) is 13.0 Å². The van der Waals surface area contributed by atoms with Crippen molar-refractivity contribution < 1.29 is 14.3 Å². The highest BCUT2D eigenvalue weighted by atomic mass is 35.5. The van der Waals surface area contributed by atoms with Gasteiger partial charge in [-0.3, -0.25) is 4.79 Å². The zero-order valence-electron chi connectivity index (χ0n) is 18.3. The number of nitrogens with one attached hydrogen (secondary N) is 2. The van der Waals surface area contributed by atoms with Crippen LogP contribution in [0.4, 0.5) is 16.2 Å². The number of rotatable bonds is 5. The van der Waals surface area contributed by atoms with Gasteiger partial charge < -0.3 is 20.3 Å². The molecule has 3 amide bonds. The fourth-order valence-corrected chi connectivity index (χ4v) is 4.23. The molecule has 4 rings (SSSR count). The third-order valence-corrected chi connectivity index (χ3v) is 6.06. The number of benzene rings is 3. The summed E-state index contributed by atoms with van der Waals surface area (Å²) in [5, 5.41) is 6.50. The summed E-state index contributed by atoms with van der Waals surface area (Å²) in [6.07, 6.45) is 0.657. The first-order valence-corrected chi connectivity index (χ1v) is 11.2. The fraction of sp³-hybridized carbons (Fsp3) is 0.231. The van der Waals surface area contributed by atoms with Crippen LogP contribution in [-0.2, 0) is 4.79 Å². The van der Waals surface area contributed by atoms with E-state index < -0.39 is 0 Å². The number of likely N-dealkylation sites (tertiary alicyclic amines) is 1. The van der Waals surface area contributed by atoms with Crippen molar-refractivity contribution in [2.24, 2.45) is 5.92 Å². The molecule has 1 saturated heterocycles. The Labute approximate surface area is 198 Å². The summed E-state index contributed by atoms with van der Waals surface area (Å²) < 4.78 is 5.25. The van der Waals surface area contributed by atoms with Crippen LogP contribution in [0.25, 0.3) is 0 Å². The predicted octanol–water partition coefficient (Wildman–Crippen LogP) is 5.62. The Hall–Kier alpha value is -3.51. The highest BCUT2D eigenvalue weighted by molar-refractivity contribution is 6.30. The van der Waals surface area contributed by atoms with E-state index in [-0.39, 0.29) is 23.8 Å². The highest BCUT2D eigenvalue weighted by Gasteiger charge is 2.34. The molecule has 1 fully saturated rings. The van der Waals surface area contributed by atoms with Crippen LogP contribution in [-0.4, -0.2) is 37.0 Å². The molecule has 2 atom stereocenters. The average Bonchev–Trinajstić information content (AvgIpc) is 2.85. The minimum atomic E-state index is -0.355. The molecule has 2 unspecified atom stereocenters. The largest absolute Gasteiger partial charge is 0.497 e. The van der Waals surface area contributed by atoms with Crippen molar-refractivity contribution in [3.05, 3.63) is 89.4 Å². The van der Waals surface area contributed by atoms with Crippen LogP contribution < -0.4 is 15.4 Å². The van der Waals surface area contributed by atoms with Gasteiger partial charge >= 0.3 is 6.03 Å². The number of carbonyl (C=O) groups excluding carboxylic acids is 2. The number of anilines is 2. The highest BCUT2D eigenvalue weighted by Crippen LogP contribution is 2.32. The molecule has 3 aromatic carbocycles. The molecular weight excluding hydrogens is 438 g/mol. The lowest BCUT2D eigenvalue weighted by molar-refractivity contribution is -0.121. The summed E-state index contributed by atoms with van der Waals surface area (Å²) in [7, 11) is 1.59. The van der Waals surface area contributed by atoms with Gasteiger partial charge in [-0.2, -0.15) is 0 Å². The Kier molecular flexibility index (Phi) is 7.15. The van der Waals surface area contributed by atoms with Crippen LogP contribution in [0.1, 0.15) is 17.9 Å². The number of ether oxygens (including phenoxy) is 1. The quantitative estimate of drug-likeness (QED) is 0.515. The molecule has 1 heterocycles. The number of methoxy groups -OCH3 is 1. The first-order valence-electron chi connectivity index (χ1n) is 10.8. The molecule has 0 aliphatic carbocycles. The smallest absolute Gasteiger partial charge is 0.321 e. The van der Waals surface area contributed by atoms with E-state index in [2.05, 4.69) is 10.6 Å². The number of halogens is 1. The molecule has 0 radical (unpaired) electrons. The molecular formula is C26H26ClN3O3. The van der Waals surface area contributed by atoms with Crippen molar-refractivity contribution in [1.29, 1.82) is 0 Å². The first kappa shape index (κ1) is 22.7. The van der Waals surface area contributed by atoms with Crippen molar-refractivity contribution in [3.63, 3.8) is 0 Å². The van der Waals surface area contributed by atoms with Gasteiger partial charge in [-0.1, -0.05) is 48.0 Å². The third-order valence-electron chi connectivity index (χ3n) is 5.81. The van der Waals surface area contributed by atoms with E-state index in [1.807, 2.05) is 48.5 Å². The number of hydrogen-bond donors (Lipinski definition) is 2. The molecule has 1 aliphatic rings. The summed E-state index contributed by atoms with van der Waals surface area (Å²) in [6, 6.07) is 24.0. The van der Waals surface area contributed by atoms with E-state index in [0.29, 0.717) is 41.7 Å². The van der Waals surface area contributed by atoms with Crippen molar-refractivity contribution in [1.82, 2.24) is 4.90 Å². The molecule has 6 nitrogen and oxygen atoms in total. The standard InChI is InChI=1S/C26H26ClN3O3/c1-33-24-9-5-8-23(15-24)28-25(31)20-14-19(18-6-3-2-4-7-18)16-30(17-20)26(32)29-22-12-10-21(27)11-13-22/h2-13,15,19-20H,14,16-17H2,1H3,(H,28,31)(H,29,32). The summed E-state index contributed by atoms with van der Waals surface area (Å²) in [5.74, 6) is 0.249. The maximum atomic E-state index is 13.2. The number of piperidine rings is 1. The summed E-state index contributed by atoms with van der Waals surface area (Å²) >= 11 is 5.95. The van der Waals surface area contributed by atoms with Crippen LogP contribution in [0.3, 0.4) is 0 Å². The van der Waals surface area contributed by atoms with Gasteiger partial charge in [0.15, 0.2) is 0 Å². The topological polar surface area (TPSA) is 70.7 Å². The second-order valence-corrected chi connectivity index (χ2v) is 8.54. The van der Waals surface area contributed by atoms with Gasteiger partial charge in [-0.15, -0.1) is 0 Å². The van der Waals surface area contributed by atoms with Crippen LogP contribution in [0.5, 0.6) is 5.75 Å². The molecule has 0 aromatic heterocycles. The molecule has 2 N–H and O–H groups in total. The van der Waals surface area contributed by atoms with Crippen LogP contribution in [0.2, 0.25) is 5.02 Å². The summed E-state index contributed by atoms with van der Waals surface area (Å²) in [5.41, 5.74) is 2.43. The fourth-order valence-electron chi connectivity index (χ4n) is 4.10. The maximum Gasteiger partial charge on any atom is 0.321 e. The van der Waals surface area contributed by atoms with E-state index >= 15 is 0 Å².